The normalized spacial score (nSPS) is 16.1. The van der Waals surface area contributed by atoms with Gasteiger partial charge in [0, 0.05) is 6.54 Å². The molecule has 0 rings (SSSR count). The fourth-order valence-corrected chi connectivity index (χ4v) is 3.50. The number of guanidine groups is 1. The minimum absolute atomic E-state index is 0.103. The van der Waals surface area contributed by atoms with Crippen molar-refractivity contribution in [2.45, 2.75) is 76.7 Å². The molecule has 0 spiro atoms. The van der Waals surface area contributed by atoms with E-state index in [1.165, 1.54) is 18.7 Å². The second-order valence-corrected chi connectivity index (χ2v) is 9.32. The minimum atomic E-state index is -1.55. The first-order chi connectivity index (χ1) is 16.3. The number of aliphatic hydroxyl groups excluding tert-OH is 1. The van der Waals surface area contributed by atoms with E-state index in [2.05, 4.69) is 20.9 Å². The summed E-state index contributed by atoms with van der Waals surface area (Å²) in [5, 5.41) is 26.5. The van der Waals surface area contributed by atoms with E-state index in [1.54, 1.807) is 13.8 Å². The molecule has 0 aliphatic heterocycles. The number of carboxylic acids is 1. The van der Waals surface area contributed by atoms with E-state index >= 15 is 0 Å². The Labute approximate surface area is 210 Å². The molecule has 3 amide bonds. The Morgan fingerprint density at radius 1 is 0.971 bits per heavy atom. The number of carbonyl (C=O) groups is 4. The quantitative estimate of drug-likeness (QED) is 0.0602. The Morgan fingerprint density at radius 3 is 2.06 bits per heavy atom. The first kappa shape index (κ1) is 32.4. The van der Waals surface area contributed by atoms with Crippen LogP contribution >= 0.6 is 11.8 Å². The zero-order chi connectivity index (χ0) is 27.1. The van der Waals surface area contributed by atoms with E-state index in [1.807, 2.05) is 6.26 Å². The van der Waals surface area contributed by atoms with Crippen LogP contribution in [0.3, 0.4) is 0 Å². The van der Waals surface area contributed by atoms with Crippen molar-refractivity contribution in [3.8, 4) is 0 Å². The first-order valence-corrected chi connectivity index (χ1v) is 12.9. The van der Waals surface area contributed by atoms with Gasteiger partial charge in [-0.15, -0.1) is 0 Å². The number of aliphatic imine (C=N–C) groups is 1. The fourth-order valence-electron chi connectivity index (χ4n) is 3.01. The molecule has 0 aromatic carbocycles. The number of amides is 3. The Bertz CT molecular complexity index is 733. The fraction of sp³-hybridized carbons (Fsp3) is 0.762. The Hall–Kier alpha value is -2.58. The van der Waals surface area contributed by atoms with Crippen molar-refractivity contribution in [1.82, 2.24) is 16.0 Å². The molecule has 0 saturated heterocycles. The van der Waals surface area contributed by atoms with Gasteiger partial charge in [0.05, 0.1) is 12.1 Å². The van der Waals surface area contributed by atoms with E-state index in [9.17, 15) is 29.4 Å². The summed E-state index contributed by atoms with van der Waals surface area (Å²) >= 11 is 1.54. The molecule has 0 saturated carbocycles. The van der Waals surface area contributed by atoms with Crippen molar-refractivity contribution in [3.63, 3.8) is 0 Å². The first-order valence-electron chi connectivity index (χ1n) is 11.5. The van der Waals surface area contributed by atoms with Crippen LogP contribution in [0.15, 0.2) is 4.99 Å². The van der Waals surface area contributed by atoms with E-state index < -0.39 is 54.0 Å². The maximum Gasteiger partial charge on any atom is 0.328 e. The van der Waals surface area contributed by atoms with E-state index in [-0.39, 0.29) is 24.8 Å². The third-order valence-corrected chi connectivity index (χ3v) is 6.03. The number of hydrogen-bond donors (Lipinski definition) is 8. The molecule has 13 nitrogen and oxygen atoms in total. The van der Waals surface area contributed by atoms with Crippen LogP contribution in [0.2, 0.25) is 0 Å². The Morgan fingerprint density at radius 2 is 1.57 bits per heavy atom. The standard InChI is InChI=1S/C21H41N7O6S/c1-5-11(2)15(19(32)28-16(12(3)29)20(33)34)27-18(31)14(7-6-9-25-21(23)24)26-17(30)13(22)8-10-35-4/h11-16,29H,5-10,22H2,1-4H3,(H,26,30)(H,27,31)(H,28,32)(H,33,34)(H4,23,24,25). The number of nitrogens with one attached hydrogen (secondary N) is 3. The summed E-state index contributed by atoms with van der Waals surface area (Å²) in [5.41, 5.74) is 16.6. The number of aliphatic hydroxyl groups is 1. The molecule has 0 aromatic rings. The number of nitrogens with two attached hydrogens (primary N) is 3. The zero-order valence-corrected chi connectivity index (χ0v) is 21.6. The molecule has 14 heteroatoms. The predicted octanol–water partition coefficient (Wildman–Crippen LogP) is -1.91. The zero-order valence-electron chi connectivity index (χ0n) is 20.8. The third-order valence-electron chi connectivity index (χ3n) is 5.39. The summed E-state index contributed by atoms with van der Waals surface area (Å²) < 4.78 is 0. The van der Waals surface area contributed by atoms with Gasteiger partial charge in [-0.05, 0) is 44.1 Å². The average Bonchev–Trinajstić information content (AvgIpc) is 2.79. The van der Waals surface area contributed by atoms with Crippen molar-refractivity contribution in [2.75, 3.05) is 18.6 Å². The van der Waals surface area contributed by atoms with Gasteiger partial charge in [0.1, 0.15) is 12.1 Å². The molecule has 0 fully saturated rings. The molecule has 0 aromatic heterocycles. The van der Waals surface area contributed by atoms with Crippen LogP contribution in [-0.2, 0) is 19.2 Å². The number of aliphatic carboxylic acids is 1. The van der Waals surface area contributed by atoms with Crippen LogP contribution in [0.5, 0.6) is 0 Å². The summed E-state index contributed by atoms with van der Waals surface area (Å²) in [6, 6.07) is -4.49. The van der Waals surface area contributed by atoms with Gasteiger partial charge in [-0.3, -0.25) is 19.4 Å². The predicted molar refractivity (Wildman–Crippen MR) is 135 cm³/mol. The number of carbonyl (C=O) groups excluding carboxylic acids is 3. The number of rotatable bonds is 17. The molecule has 202 valence electrons. The SMILES string of the molecule is CCC(C)C(NC(=O)C(CCCN=C(N)N)NC(=O)C(N)CCSC)C(=O)NC(C(=O)O)C(C)O. The van der Waals surface area contributed by atoms with E-state index in [4.69, 9.17) is 17.2 Å². The molecular weight excluding hydrogens is 478 g/mol. The molecule has 0 aliphatic rings. The monoisotopic (exact) mass is 519 g/mol. The van der Waals surface area contributed by atoms with Crippen molar-refractivity contribution >= 4 is 41.4 Å². The second kappa shape index (κ2) is 16.9. The van der Waals surface area contributed by atoms with E-state index in [0.717, 1.165) is 0 Å². The largest absolute Gasteiger partial charge is 0.480 e. The van der Waals surface area contributed by atoms with Gasteiger partial charge >= 0.3 is 5.97 Å². The second-order valence-electron chi connectivity index (χ2n) is 8.33. The Kier molecular flexibility index (Phi) is 15.7. The van der Waals surface area contributed by atoms with Gasteiger partial charge in [0.2, 0.25) is 17.7 Å². The molecular formula is C21H41N7O6S. The van der Waals surface area contributed by atoms with Crippen LogP contribution < -0.4 is 33.2 Å². The van der Waals surface area contributed by atoms with Gasteiger partial charge in [-0.1, -0.05) is 20.3 Å². The summed E-state index contributed by atoms with van der Waals surface area (Å²) in [6.07, 6.45) is 1.98. The summed E-state index contributed by atoms with van der Waals surface area (Å²) in [4.78, 5) is 53.8. The molecule has 0 aliphatic carbocycles. The molecule has 0 heterocycles. The number of hydrogen-bond acceptors (Lipinski definition) is 8. The molecule has 6 unspecified atom stereocenters. The van der Waals surface area contributed by atoms with Crippen LogP contribution in [0, 0.1) is 5.92 Å². The minimum Gasteiger partial charge on any atom is -0.480 e. The highest BCUT2D eigenvalue weighted by molar-refractivity contribution is 7.98. The molecule has 0 bridgehead atoms. The van der Waals surface area contributed by atoms with Gasteiger partial charge in [-0.2, -0.15) is 11.8 Å². The highest BCUT2D eigenvalue weighted by atomic mass is 32.2. The lowest BCUT2D eigenvalue weighted by Gasteiger charge is -2.28. The third kappa shape index (κ3) is 12.6. The highest BCUT2D eigenvalue weighted by Gasteiger charge is 2.33. The molecule has 0 radical (unpaired) electrons. The summed E-state index contributed by atoms with van der Waals surface area (Å²) in [5.74, 6) is -3.12. The number of carboxylic acid groups (broad SMARTS) is 1. The maximum absolute atomic E-state index is 13.1. The maximum atomic E-state index is 13.1. The smallest absolute Gasteiger partial charge is 0.328 e. The number of nitrogens with zero attached hydrogens (tertiary/aromatic N) is 1. The van der Waals surface area contributed by atoms with Crippen LogP contribution in [0.4, 0.5) is 0 Å². The lowest BCUT2D eigenvalue weighted by Crippen LogP contribution is -2.59. The van der Waals surface area contributed by atoms with Crippen LogP contribution in [-0.4, -0.2) is 88.7 Å². The van der Waals surface area contributed by atoms with Gasteiger partial charge in [0.15, 0.2) is 12.0 Å². The summed E-state index contributed by atoms with van der Waals surface area (Å²) in [7, 11) is 0. The van der Waals surface area contributed by atoms with Gasteiger partial charge in [0.25, 0.3) is 0 Å². The van der Waals surface area contributed by atoms with Crippen molar-refractivity contribution in [2.24, 2.45) is 28.1 Å². The Balaban J connectivity index is 5.61. The van der Waals surface area contributed by atoms with E-state index in [0.29, 0.717) is 25.0 Å². The van der Waals surface area contributed by atoms with Gasteiger partial charge < -0.3 is 43.4 Å². The lowest BCUT2D eigenvalue weighted by molar-refractivity contribution is -0.145. The topological polar surface area (TPSA) is 235 Å². The van der Waals surface area contributed by atoms with Crippen molar-refractivity contribution in [3.05, 3.63) is 0 Å². The van der Waals surface area contributed by atoms with Gasteiger partial charge in [-0.25, -0.2) is 4.79 Å². The number of thioether (sulfide) groups is 1. The lowest BCUT2D eigenvalue weighted by atomic mass is 9.96. The average molecular weight is 520 g/mol. The van der Waals surface area contributed by atoms with Crippen LogP contribution in [0.1, 0.15) is 46.5 Å². The van der Waals surface area contributed by atoms with Crippen molar-refractivity contribution < 1.29 is 29.4 Å². The summed E-state index contributed by atoms with van der Waals surface area (Å²) in [6.45, 7) is 4.98. The highest BCUT2D eigenvalue weighted by Crippen LogP contribution is 2.11. The van der Waals surface area contributed by atoms with Crippen molar-refractivity contribution in [1.29, 1.82) is 0 Å². The molecule has 11 N–H and O–H groups in total. The molecule has 6 atom stereocenters. The van der Waals surface area contributed by atoms with Crippen LogP contribution in [0.25, 0.3) is 0 Å². The molecule has 35 heavy (non-hydrogen) atoms.